The average Bonchev–Trinajstić information content (AvgIpc) is 1.77. The molecule has 2 unspecified atom stereocenters. The standard InChI is InChI=1S/C4H7F2NO/c5-3-4(6)8-2-1-7-3/h3-4,7H,1-2H2. The van der Waals surface area contributed by atoms with E-state index in [1.165, 1.54) is 0 Å². The van der Waals surface area contributed by atoms with E-state index in [-0.39, 0.29) is 6.61 Å². The van der Waals surface area contributed by atoms with Gasteiger partial charge in [0.25, 0.3) is 0 Å². The van der Waals surface area contributed by atoms with Gasteiger partial charge in [-0.1, -0.05) is 0 Å². The van der Waals surface area contributed by atoms with Gasteiger partial charge in [0.1, 0.15) is 0 Å². The Morgan fingerprint density at radius 1 is 1.50 bits per heavy atom. The van der Waals surface area contributed by atoms with Crippen molar-refractivity contribution in [2.24, 2.45) is 0 Å². The van der Waals surface area contributed by atoms with Crippen molar-refractivity contribution in [2.75, 3.05) is 13.2 Å². The monoisotopic (exact) mass is 123 g/mol. The number of nitrogens with one attached hydrogen (secondary N) is 1. The minimum Gasteiger partial charge on any atom is -0.344 e. The first-order valence-electron chi connectivity index (χ1n) is 2.44. The van der Waals surface area contributed by atoms with Crippen LogP contribution >= 0.6 is 0 Å². The predicted octanol–water partition coefficient (Wildman–Crippen LogP) is 0.197. The molecule has 1 aliphatic rings. The van der Waals surface area contributed by atoms with E-state index < -0.39 is 12.7 Å². The molecule has 0 saturated carbocycles. The van der Waals surface area contributed by atoms with Gasteiger partial charge >= 0.3 is 0 Å². The van der Waals surface area contributed by atoms with Gasteiger partial charge in [-0.25, -0.2) is 8.78 Å². The van der Waals surface area contributed by atoms with E-state index >= 15 is 0 Å². The fourth-order valence-electron chi connectivity index (χ4n) is 0.545. The Hall–Kier alpha value is -0.220. The Morgan fingerprint density at radius 2 is 2.25 bits per heavy atom. The number of ether oxygens (including phenoxy) is 1. The van der Waals surface area contributed by atoms with Crippen LogP contribution in [0.2, 0.25) is 0 Å². The smallest absolute Gasteiger partial charge is 0.244 e. The summed E-state index contributed by atoms with van der Waals surface area (Å²) in [7, 11) is 0. The average molecular weight is 123 g/mol. The molecule has 48 valence electrons. The summed E-state index contributed by atoms with van der Waals surface area (Å²) in [6, 6.07) is 0. The van der Waals surface area contributed by atoms with Crippen molar-refractivity contribution < 1.29 is 13.5 Å². The van der Waals surface area contributed by atoms with E-state index in [4.69, 9.17) is 0 Å². The summed E-state index contributed by atoms with van der Waals surface area (Å²) in [5, 5.41) is 2.27. The molecule has 1 N–H and O–H groups in total. The molecule has 0 bridgehead atoms. The normalized spacial score (nSPS) is 39.8. The number of halogens is 2. The van der Waals surface area contributed by atoms with Gasteiger partial charge in [-0.05, 0) is 0 Å². The number of alkyl halides is 2. The molecule has 1 fully saturated rings. The molecule has 1 aliphatic heterocycles. The first kappa shape index (κ1) is 5.91. The zero-order valence-corrected chi connectivity index (χ0v) is 4.23. The molecule has 4 heteroatoms. The lowest BCUT2D eigenvalue weighted by Gasteiger charge is -2.20. The van der Waals surface area contributed by atoms with Crippen LogP contribution in [-0.4, -0.2) is 25.8 Å². The molecule has 2 nitrogen and oxygen atoms in total. The van der Waals surface area contributed by atoms with Crippen LogP contribution in [0.15, 0.2) is 0 Å². The Labute approximate surface area is 45.8 Å². The van der Waals surface area contributed by atoms with E-state index in [1.54, 1.807) is 0 Å². The van der Waals surface area contributed by atoms with Crippen molar-refractivity contribution in [1.82, 2.24) is 5.32 Å². The number of hydrogen-bond donors (Lipinski definition) is 1. The van der Waals surface area contributed by atoms with Gasteiger partial charge in [0, 0.05) is 6.54 Å². The highest BCUT2D eigenvalue weighted by atomic mass is 19.2. The number of hydrogen-bond acceptors (Lipinski definition) is 2. The van der Waals surface area contributed by atoms with Crippen LogP contribution < -0.4 is 5.32 Å². The molecule has 2 atom stereocenters. The second-order valence-corrected chi connectivity index (χ2v) is 1.58. The van der Waals surface area contributed by atoms with Crippen LogP contribution in [0.1, 0.15) is 0 Å². The summed E-state index contributed by atoms with van der Waals surface area (Å²) in [5.41, 5.74) is 0. The van der Waals surface area contributed by atoms with E-state index in [0.717, 1.165) is 0 Å². The highest BCUT2D eigenvalue weighted by Gasteiger charge is 2.23. The molecular formula is C4H7F2NO. The predicted molar refractivity (Wildman–Crippen MR) is 23.7 cm³/mol. The van der Waals surface area contributed by atoms with Crippen LogP contribution in [0, 0.1) is 0 Å². The van der Waals surface area contributed by atoms with Crippen molar-refractivity contribution in [1.29, 1.82) is 0 Å². The van der Waals surface area contributed by atoms with Crippen molar-refractivity contribution in [2.45, 2.75) is 12.7 Å². The number of morpholine rings is 1. The van der Waals surface area contributed by atoms with Crippen molar-refractivity contribution >= 4 is 0 Å². The fourth-order valence-corrected chi connectivity index (χ4v) is 0.545. The van der Waals surface area contributed by atoms with Crippen LogP contribution in [0.5, 0.6) is 0 Å². The number of rotatable bonds is 0. The van der Waals surface area contributed by atoms with Gasteiger partial charge in [-0.3, -0.25) is 5.32 Å². The second-order valence-electron chi connectivity index (χ2n) is 1.58. The van der Waals surface area contributed by atoms with Crippen molar-refractivity contribution in [3.63, 3.8) is 0 Å². The van der Waals surface area contributed by atoms with Gasteiger partial charge in [0.15, 0.2) is 0 Å². The molecule has 1 saturated heterocycles. The molecule has 0 radical (unpaired) electrons. The zero-order chi connectivity index (χ0) is 5.98. The summed E-state index contributed by atoms with van der Waals surface area (Å²) in [6.07, 6.45) is -3.41. The third-order valence-electron chi connectivity index (χ3n) is 0.949. The zero-order valence-electron chi connectivity index (χ0n) is 4.23. The Kier molecular flexibility index (Phi) is 1.75. The molecule has 0 aromatic rings. The topological polar surface area (TPSA) is 21.3 Å². The van der Waals surface area contributed by atoms with Gasteiger partial charge in [-0.15, -0.1) is 0 Å². The molecule has 1 rings (SSSR count). The highest BCUT2D eigenvalue weighted by Crippen LogP contribution is 2.05. The summed E-state index contributed by atoms with van der Waals surface area (Å²) in [4.78, 5) is 0. The van der Waals surface area contributed by atoms with Crippen LogP contribution in [0.4, 0.5) is 8.78 Å². The lowest BCUT2D eigenvalue weighted by molar-refractivity contribution is -0.120. The Bertz CT molecular complexity index is 70.4. The summed E-state index contributed by atoms with van der Waals surface area (Å²) in [6.45, 7) is 0.642. The fraction of sp³-hybridized carbons (Fsp3) is 1.00. The maximum absolute atomic E-state index is 12.0. The highest BCUT2D eigenvalue weighted by molar-refractivity contribution is 4.61. The first-order chi connectivity index (χ1) is 3.80. The Morgan fingerprint density at radius 3 is 2.62 bits per heavy atom. The summed E-state index contributed by atoms with van der Waals surface area (Å²) in [5.74, 6) is 0. The maximum Gasteiger partial charge on any atom is 0.244 e. The summed E-state index contributed by atoms with van der Waals surface area (Å²) < 4.78 is 28.2. The van der Waals surface area contributed by atoms with E-state index in [0.29, 0.717) is 6.54 Å². The second kappa shape index (κ2) is 2.37. The minimum atomic E-state index is -1.77. The van der Waals surface area contributed by atoms with Crippen LogP contribution in [-0.2, 0) is 4.74 Å². The molecule has 8 heavy (non-hydrogen) atoms. The molecule has 0 aromatic heterocycles. The molecule has 0 spiro atoms. The first-order valence-corrected chi connectivity index (χ1v) is 2.44. The quantitative estimate of drug-likeness (QED) is 0.464. The third kappa shape index (κ3) is 1.14. The largest absolute Gasteiger partial charge is 0.344 e. The van der Waals surface area contributed by atoms with Crippen molar-refractivity contribution in [3.8, 4) is 0 Å². The third-order valence-corrected chi connectivity index (χ3v) is 0.949. The molecule has 1 heterocycles. The lowest BCUT2D eigenvalue weighted by atomic mass is 10.5. The lowest BCUT2D eigenvalue weighted by Crippen LogP contribution is -2.43. The van der Waals surface area contributed by atoms with Gasteiger partial charge in [-0.2, -0.15) is 0 Å². The molecule has 0 amide bonds. The molecule has 0 aromatic carbocycles. The Balaban J connectivity index is 2.28. The van der Waals surface area contributed by atoms with E-state index in [2.05, 4.69) is 10.1 Å². The summed E-state index contributed by atoms with van der Waals surface area (Å²) >= 11 is 0. The van der Waals surface area contributed by atoms with Gasteiger partial charge < -0.3 is 4.74 Å². The van der Waals surface area contributed by atoms with Crippen molar-refractivity contribution in [3.05, 3.63) is 0 Å². The molecule has 0 aliphatic carbocycles. The van der Waals surface area contributed by atoms with E-state index in [9.17, 15) is 8.78 Å². The van der Waals surface area contributed by atoms with Gasteiger partial charge in [0.05, 0.1) is 6.61 Å². The minimum absolute atomic E-state index is 0.252. The van der Waals surface area contributed by atoms with Crippen LogP contribution in [0.25, 0.3) is 0 Å². The van der Waals surface area contributed by atoms with Crippen LogP contribution in [0.3, 0.4) is 0 Å². The SMILES string of the molecule is FC1NCCOC1F. The van der Waals surface area contributed by atoms with E-state index in [1.807, 2.05) is 0 Å². The van der Waals surface area contributed by atoms with Gasteiger partial charge in [0.2, 0.25) is 12.7 Å². The molecular weight excluding hydrogens is 116 g/mol. The maximum atomic E-state index is 12.0.